The minimum absolute atomic E-state index is 0.587. The second-order valence-electron chi connectivity index (χ2n) is 5.39. The van der Waals surface area contributed by atoms with Crippen molar-refractivity contribution in [1.29, 1.82) is 0 Å². The summed E-state index contributed by atoms with van der Waals surface area (Å²) in [4.78, 5) is 0. The van der Waals surface area contributed by atoms with Crippen LogP contribution in [0.15, 0.2) is 0 Å². The molecule has 0 saturated carbocycles. The van der Waals surface area contributed by atoms with E-state index in [2.05, 4.69) is 28.6 Å². The molecule has 0 unspecified atom stereocenters. The summed E-state index contributed by atoms with van der Waals surface area (Å²) in [5.74, 6) is 0. The van der Waals surface area contributed by atoms with Gasteiger partial charge in [0, 0.05) is 0 Å². The van der Waals surface area contributed by atoms with Gasteiger partial charge in [0.05, 0.1) is 0 Å². The summed E-state index contributed by atoms with van der Waals surface area (Å²) in [6.45, 7) is 6.98. The normalized spacial score (nSPS) is 15.4. The van der Waals surface area contributed by atoms with E-state index in [9.17, 15) is 0 Å². The molecule has 0 rings (SSSR count). The van der Waals surface area contributed by atoms with Gasteiger partial charge in [-0.1, -0.05) is 83.9 Å². The van der Waals surface area contributed by atoms with Crippen molar-refractivity contribution in [3.8, 4) is 0 Å². The molecule has 1 atom stereocenters. The largest absolute Gasteiger partial charge is 0.109 e. The van der Waals surface area contributed by atoms with Crippen molar-refractivity contribution in [2.75, 3.05) is 0 Å². The van der Waals surface area contributed by atoms with Gasteiger partial charge in [0.15, 0.2) is 0 Å². The third kappa shape index (κ3) is 8.65. The van der Waals surface area contributed by atoms with Gasteiger partial charge in [-0.05, 0) is 0 Å². The van der Waals surface area contributed by atoms with Crippen molar-refractivity contribution in [2.24, 2.45) is 0 Å². The molecule has 0 nitrogen and oxygen atoms in total. The molecular weight excluding hydrogens is 167 g/mol. The minimum atomic E-state index is 0.587. The molecule has 0 aliphatic carbocycles. The first-order chi connectivity index (χ1) is 6.62. The molecule has 0 heterocycles. The Bertz CT molecular complexity index is 118. The molecule has 84 valence electrons. The van der Waals surface area contributed by atoms with E-state index in [-0.39, 0.29) is 0 Å². The second kappa shape index (κ2) is 8.38. The highest BCUT2D eigenvalue weighted by atomic mass is 14.1. The van der Waals surface area contributed by atoms with Crippen LogP contribution in [0.2, 0.25) is 5.31 Å². The van der Waals surface area contributed by atoms with Crippen LogP contribution in [0.4, 0.5) is 0 Å². The van der Waals surface area contributed by atoms with Crippen molar-refractivity contribution in [1.82, 2.24) is 0 Å². The molecule has 0 aliphatic heterocycles. The van der Waals surface area contributed by atoms with Crippen LogP contribution >= 0.6 is 0 Å². The Hall–Kier alpha value is 0.0649. The van der Waals surface area contributed by atoms with Crippen LogP contribution in [0, 0.1) is 0 Å². The molecule has 1 heteroatoms. The lowest BCUT2D eigenvalue weighted by Gasteiger charge is -2.22. The fourth-order valence-electron chi connectivity index (χ4n) is 1.74. The predicted molar refractivity (Wildman–Crippen MR) is 69.8 cm³/mol. The van der Waals surface area contributed by atoms with Crippen molar-refractivity contribution in [3.63, 3.8) is 0 Å². The van der Waals surface area contributed by atoms with Gasteiger partial charge in [0.1, 0.15) is 7.85 Å². The molecule has 0 N–H and O–H groups in total. The van der Waals surface area contributed by atoms with Crippen LogP contribution in [-0.4, -0.2) is 7.85 Å². The van der Waals surface area contributed by atoms with Gasteiger partial charge in [0.2, 0.25) is 0 Å². The molecule has 0 aromatic carbocycles. The number of rotatable bonds is 9. The topological polar surface area (TPSA) is 0 Å². The molecule has 0 radical (unpaired) electrons. The fourth-order valence-corrected chi connectivity index (χ4v) is 1.74. The summed E-state index contributed by atoms with van der Waals surface area (Å²) in [5.41, 5.74) is 0. The lowest BCUT2D eigenvalue weighted by Crippen LogP contribution is -2.05. The Morgan fingerprint density at radius 2 is 1.36 bits per heavy atom. The van der Waals surface area contributed by atoms with E-state index < -0.39 is 0 Å². The van der Waals surface area contributed by atoms with Gasteiger partial charge in [-0.2, -0.15) is 0 Å². The van der Waals surface area contributed by atoms with Gasteiger partial charge in [-0.3, -0.25) is 0 Å². The molecule has 0 aromatic rings. The zero-order valence-corrected chi connectivity index (χ0v) is 10.9. The second-order valence-corrected chi connectivity index (χ2v) is 5.39. The van der Waals surface area contributed by atoms with Crippen LogP contribution in [-0.2, 0) is 0 Å². The summed E-state index contributed by atoms with van der Waals surface area (Å²) in [7, 11) is 2.39. The first-order valence-electron chi connectivity index (χ1n) is 6.62. The smallest absolute Gasteiger partial charge is 0.0669 e. The molecular formula is C13H29B. The van der Waals surface area contributed by atoms with Crippen LogP contribution in [0.25, 0.3) is 0 Å². The number of hydrogen-bond donors (Lipinski definition) is 0. The zero-order chi connectivity index (χ0) is 10.9. The maximum atomic E-state index is 2.39. The molecule has 14 heavy (non-hydrogen) atoms. The summed E-state index contributed by atoms with van der Waals surface area (Å²) >= 11 is 0. The van der Waals surface area contributed by atoms with Gasteiger partial charge >= 0.3 is 0 Å². The van der Waals surface area contributed by atoms with Gasteiger partial charge in [0.25, 0.3) is 0 Å². The zero-order valence-electron chi connectivity index (χ0n) is 10.9. The Morgan fingerprint density at radius 3 is 1.86 bits per heavy atom. The van der Waals surface area contributed by atoms with E-state index in [4.69, 9.17) is 0 Å². The fraction of sp³-hybridized carbons (Fsp3) is 1.00. The molecule has 0 aromatic heterocycles. The van der Waals surface area contributed by atoms with Crippen molar-refractivity contribution >= 4 is 7.85 Å². The van der Waals surface area contributed by atoms with Gasteiger partial charge in [-0.15, -0.1) is 0 Å². The van der Waals surface area contributed by atoms with E-state index >= 15 is 0 Å². The van der Waals surface area contributed by atoms with Crippen molar-refractivity contribution in [3.05, 3.63) is 0 Å². The minimum Gasteiger partial charge on any atom is -0.0669 e. The predicted octanol–water partition coefficient (Wildman–Crippen LogP) is 4.35. The molecule has 0 spiro atoms. The van der Waals surface area contributed by atoms with Crippen LogP contribution in [0.1, 0.15) is 78.6 Å². The van der Waals surface area contributed by atoms with Crippen molar-refractivity contribution < 1.29 is 0 Å². The third-order valence-electron chi connectivity index (χ3n) is 3.41. The summed E-state index contributed by atoms with van der Waals surface area (Å²) < 4.78 is 0. The highest BCUT2D eigenvalue weighted by molar-refractivity contribution is 6.14. The third-order valence-corrected chi connectivity index (χ3v) is 3.41. The van der Waals surface area contributed by atoms with E-state index in [1.54, 1.807) is 0 Å². The maximum Gasteiger partial charge on any atom is 0.109 e. The van der Waals surface area contributed by atoms with Crippen molar-refractivity contribution in [2.45, 2.75) is 83.9 Å². The van der Waals surface area contributed by atoms with Crippen LogP contribution < -0.4 is 0 Å². The maximum absolute atomic E-state index is 2.39. The number of hydrogen-bond acceptors (Lipinski definition) is 0. The van der Waals surface area contributed by atoms with Crippen LogP contribution in [0.5, 0.6) is 0 Å². The highest BCUT2D eigenvalue weighted by Crippen LogP contribution is 2.31. The average molecular weight is 196 g/mol. The standard InChI is InChI=1S/C13H29B/c1-4-6-7-8-9-10-11-12-13(3,14)5-2/h4-12,14H2,1-3H3/t13-/m1/s1. The van der Waals surface area contributed by atoms with E-state index in [0.29, 0.717) is 5.31 Å². The summed E-state index contributed by atoms with van der Waals surface area (Å²) in [5, 5.41) is 0.587. The Labute approximate surface area is 92.3 Å². The SMILES string of the molecule is B[C@](C)(CC)CCCCCCCCC. The van der Waals surface area contributed by atoms with E-state index in [1.807, 2.05) is 0 Å². The summed E-state index contributed by atoms with van der Waals surface area (Å²) in [6, 6.07) is 0. The van der Waals surface area contributed by atoms with Gasteiger partial charge in [-0.25, -0.2) is 0 Å². The summed E-state index contributed by atoms with van der Waals surface area (Å²) in [6.07, 6.45) is 12.8. The molecule has 0 saturated heterocycles. The molecule has 0 bridgehead atoms. The Morgan fingerprint density at radius 1 is 0.857 bits per heavy atom. The lowest BCUT2D eigenvalue weighted by molar-refractivity contribution is 0.489. The van der Waals surface area contributed by atoms with E-state index in [1.165, 1.54) is 57.8 Å². The lowest BCUT2D eigenvalue weighted by atomic mass is 9.65. The number of unbranched alkanes of at least 4 members (excludes halogenated alkanes) is 6. The highest BCUT2D eigenvalue weighted by Gasteiger charge is 2.13. The molecule has 0 aliphatic rings. The van der Waals surface area contributed by atoms with Crippen LogP contribution in [0.3, 0.4) is 0 Å². The quantitative estimate of drug-likeness (QED) is 0.380. The van der Waals surface area contributed by atoms with E-state index in [0.717, 1.165) is 0 Å². The Balaban J connectivity index is 3.13. The average Bonchev–Trinajstić information content (AvgIpc) is 2.16. The monoisotopic (exact) mass is 196 g/mol. The first-order valence-corrected chi connectivity index (χ1v) is 6.62. The van der Waals surface area contributed by atoms with Gasteiger partial charge < -0.3 is 0 Å². The molecule has 0 fully saturated rings. The Kier molecular flexibility index (Phi) is 8.42. The molecule has 0 amide bonds. The first kappa shape index (κ1) is 14.1.